The van der Waals surface area contributed by atoms with E-state index in [1.807, 2.05) is 6.92 Å². The summed E-state index contributed by atoms with van der Waals surface area (Å²) in [5, 5.41) is 11.4. The Morgan fingerprint density at radius 1 is 0.821 bits per heavy atom. The Morgan fingerprint density at radius 3 is 1.71 bits per heavy atom. The number of hydrogen-bond acceptors (Lipinski definition) is 4. The number of esters is 1. The fourth-order valence-corrected chi connectivity index (χ4v) is 3.27. The van der Waals surface area contributed by atoms with Gasteiger partial charge in [0, 0.05) is 12.8 Å². The minimum absolute atomic E-state index is 0.0917. The fourth-order valence-electron chi connectivity index (χ4n) is 3.27. The number of carbonyl (C=O) groups excluding carboxylic acids is 2. The Kier molecular flexibility index (Phi) is 18.5. The lowest BCUT2D eigenvalue weighted by Crippen LogP contribution is -2.38. The van der Waals surface area contributed by atoms with Gasteiger partial charge in [-0.1, -0.05) is 97.8 Å². The number of ether oxygens (including phenoxy) is 1. The van der Waals surface area contributed by atoms with Crippen molar-refractivity contribution in [2.45, 2.75) is 123 Å². The lowest BCUT2D eigenvalue weighted by molar-refractivity contribution is -0.155. The molecule has 0 spiro atoms. The van der Waals surface area contributed by atoms with E-state index in [0.29, 0.717) is 12.8 Å². The van der Waals surface area contributed by atoms with Gasteiger partial charge < -0.3 is 15.2 Å². The van der Waals surface area contributed by atoms with Crippen LogP contribution in [0, 0.1) is 5.92 Å². The predicted molar refractivity (Wildman–Crippen MR) is 115 cm³/mol. The molecule has 0 aromatic heterocycles. The largest absolute Gasteiger partial charge is 0.440 e. The van der Waals surface area contributed by atoms with Gasteiger partial charge in [0.2, 0.25) is 5.91 Å². The normalized spacial score (nSPS) is 12.2. The molecule has 0 aliphatic rings. The number of carbonyl (C=O) groups is 2. The Morgan fingerprint density at radius 2 is 1.29 bits per heavy atom. The third-order valence-electron chi connectivity index (χ3n) is 5.03. The van der Waals surface area contributed by atoms with Gasteiger partial charge in [-0.05, 0) is 12.3 Å². The molecule has 5 heteroatoms. The maximum Gasteiger partial charge on any atom is 0.333 e. The molecule has 0 radical (unpaired) electrons. The number of aliphatic hydroxyl groups excluding tert-OH is 1. The second kappa shape index (κ2) is 19.2. The van der Waals surface area contributed by atoms with Crippen molar-refractivity contribution in [3.05, 3.63) is 0 Å². The van der Waals surface area contributed by atoms with Gasteiger partial charge in [0.05, 0.1) is 0 Å². The fraction of sp³-hybridized carbons (Fsp3) is 0.913. The predicted octanol–water partition coefficient (Wildman–Crippen LogP) is 5.49. The zero-order valence-corrected chi connectivity index (χ0v) is 18.6. The maximum absolute atomic E-state index is 11.9. The molecule has 28 heavy (non-hydrogen) atoms. The van der Waals surface area contributed by atoms with Gasteiger partial charge in [-0.25, -0.2) is 4.79 Å². The van der Waals surface area contributed by atoms with Crippen LogP contribution in [0.15, 0.2) is 0 Å². The first-order valence-electron chi connectivity index (χ1n) is 11.6. The molecule has 0 aromatic carbocycles. The number of hydrogen-bond donors (Lipinski definition) is 2. The summed E-state index contributed by atoms with van der Waals surface area (Å²) in [5.74, 6) is 0.0449. The monoisotopic (exact) mass is 399 g/mol. The van der Waals surface area contributed by atoms with Crippen LogP contribution in [0.5, 0.6) is 0 Å². The molecule has 1 amide bonds. The van der Waals surface area contributed by atoms with Crippen molar-refractivity contribution in [3.63, 3.8) is 0 Å². The summed E-state index contributed by atoms with van der Waals surface area (Å²) < 4.78 is 4.93. The minimum atomic E-state index is -0.710. The second-order valence-corrected chi connectivity index (χ2v) is 8.29. The van der Waals surface area contributed by atoms with E-state index in [2.05, 4.69) is 19.2 Å². The summed E-state index contributed by atoms with van der Waals surface area (Å²) in [4.78, 5) is 22.9. The van der Waals surface area contributed by atoms with Crippen molar-refractivity contribution in [3.8, 4) is 0 Å². The molecule has 1 atom stereocenters. The van der Waals surface area contributed by atoms with Crippen LogP contribution in [0.1, 0.15) is 117 Å². The van der Waals surface area contributed by atoms with E-state index >= 15 is 0 Å². The van der Waals surface area contributed by atoms with Crippen molar-refractivity contribution < 1.29 is 19.4 Å². The van der Waals surface area contributed by atoms with Crippen LogP contribution in [0.25, 0.3) is 0 Å². The van der Waals surface area contributed by atoms with Gasteiger partial charge in [0.25, 0.3) is 0 Å². The highest BCUT2D eigenvalue weighted by Gasteiger charge is 2.14. The standard InChI is InChI=1S/C23H45NO4/c1-4-22(28-23(27)19-25)24-21(26)18-16-14-12-10-8-6-5-7-9-11-13-15-17-20(2)3/h20,22,25H,4-19H2,1-3H3,(H,24,26). The zero-order chi connectivity index (χ0) is 21.0. The van der Waals surface area contributed by atoms with Gasteiger partial charge in [0.1, 0.15) is 6.61 Å². The summed E-state index contributed by atoms with van der Waals surface area (Å²) in [6.45, 7) is 5.76. The maximum atomic E-state index is 11.9. The summed E-state index contributed by atoms with van der Waals surface area (Å²) in [5.41, 5.74) is 0. The van der Waals surface area contributed by atoms with E-state index < -0.39 is 18.8 Å². The van der Waals surface area contributed by atoms with E-state index in [1.54, 1.807) is 0 Å². The first-order chi connectivity index (χ1) is 13.5. The number of nitrogens with one attached hydrogen (secondary N) is 1. The van der Waals surface area contributed by atoms with E-state index in [0.717, 1.165) is 18.8 Å². The van der Waals surface area contributed by atoms with E-state index in [-0.39, 0.29) is 5.91 Å². The lowest BCUT2D eigenvalue weighted by Gasteiger charge is -2.17. The van der Waals surface area contributed by atoms with Crippen LogP contribution >= 0.6 is 0 Å². The average Bonchev–Trinajstić information content (AvgIpc) is 2.67. The molecular formula is C23H45NO4. The average molecular weight is 400 g/mol. The van der Waals surface area contributed by atoms with Gasteiger partial charge in [-0.3, -0.25) is 4.79 Å². The molecule has 2 N–H and O–H groups in total. The highest BCUT2D eigenvalue weighted by Crippen LogP contribution is 2.14. The van der Waals surface area contributed by atoms with E-state index in [4.69, 9.17) is 9.84 Å². The van der Waals surface area contributed by atoms with E-state index in [9.17, 15) is 9.59 Å². The van der Waals surface area contributed by atoms with Gasteiger partial charge in [-0.15, -0.1) is 0 Å². The Balaban J connectivity index is 3.38. The Hall–Kier alpha value is -1.10. The van der Waals surface area contributed by atoms with Crippen LogP contribution in [0.4, 0.5) is 0 Å². The first kappa shape index (κ1) is 26.9. The smallest absolute Gasteiger partial charge is 0.333 e. The third-order valence-corrected chi connectivity index (χ3v) is 5.03. The molecule has 0 bridgehead atoms. The lowest BCUT2D eigenvalue weighted by atomic mass is 10.0. The molecule has 0 aromatic rings. The molecular weight excluding hydrogens is 354 g/mol. The molecule has 0 aliphatic carbocycles. The highest BCUT2D eigenvalue weighted by molar-refractivity contribution is 5.76. The van der Waals surface area contributed by atoms with Gasteiger partial charge in [0.15, 0.2) is 6.23 Å². The molecule has 0 fully saturated rings. The zero-order valence-electron chi connectivity index (χ0n) is 18.6. The molecule has 5 nitrogen and oxygen atoms in total. The topological polar surface area (TPSA) is 75.6 Å². The molecule has 166 valence electrons. The van der Waals surface area contributed by atoms with Gasteiger partial charge in [-0.2, -0.15) is 0 Å². The van der Waals surface area contributed by atoms with Crippen LogP contribution < -0.4 is 5.32 Å². The van der Waals surface area contributed by atoms with Crippen LogP contribution in [-0.4, -0.2) is 29.8 Å². The second-order valence-electron chi connectivity index (χ2n) is 8.29. The van der Waals surface area contributed by atoms with Crippen molar-refractivity contribution in [2.24, 2.45) is 5.92 Å². The first-order valence-corrected chi connectivity index (χ1v) is 11.6. The third kappa shape index (κ3) is 18.3. The minimum Gasteiger partial charge on any atom is -0.440 e. The van der Waals surface area contributed by atoms with Crippen LogP contribution in [0.2, 0.25) is 0 Å². The quantitative estimate of drug-likeness (QED) is 0.171. The van der Waals surface area contributed by atoms with Crippen molar-refractivity contribution in [1.82, 2.24) is 5.32 Å². The number of aliphatic hydroxyl groups is 1. The van der Waals surface area contributed by atoms with Crippen LogP contribution in [0.3, 0.4) is 0 Å². The summed E-state index contributed by atoms with van der Waals surface area (Å²) in [7, 11) is 0. The molecule has 0 aliphatic heterocycles. The summed E-state index contributed by atoms with van der Waals surface area (Å²) in [6.07, 6.45) is 17.0. The SMILES string of the molecule is CCC(NC(=O)CCCCCCCCCCCCCCC(C)C)OC(=O)CO. The van der Waals surface area contributed by atoms with Gasteiger partial charge >= 0.3 is 5.97 Å². The number of rotatable bonds is 19. The molecule has 1 unspecified atom stereocenters. The summed E-state index contributed by atoms with van der Waals surface area (Å²) in [6, 6.07) is 0. The van der Waals surface area contributed by atoms with E-state index in [1.165, 1.54) is 70.6 Å². The molecule has 0 rings (SSSR count). The Bertz CT molecular complexity index is 385. The molecule has 0 heterocycles. The summed E-state index contributed by atoms with van der Waals surface area (Å²) >= 11 is 0. The highest BCUT2D eigenvalue weighted by atomic mass is 16.6. The molecule has 0 saturated heterocycles. The molecule has 0 saturated carbocycles. The van der Waals surface area contributed by atoms with Crippen molar-refractivity contribution in [2.75, 3.05) is 6.61 Å². The Labute approximate surface area is 173 Å². The number of amides is 1. The van der Waals surface area contributed by atoms with Crippen molar-refractivity contribution >= 4 is 11.9 Å². The van der Waals surface area contributed by atoms with Crippen LogP contribution in [-0.2, 0) is 14.3 Å². The number of unbranched alkanes of at least 4 members (excludes halogenated alkanes) is 11. The van der Waals surface area contributed by atoms with Crippen molar-refractivity contribution in [1.29, 1.82) is 0 Å².